The van der Waals surface area contributed by atoms with Crippen LogP contribution in [-0.4, -0.2) is 16.8 Å². The number of amides is 1. The van der Waals surface area contributed by atoms with Crippen LogP contribution in [0.15, 0.2) is 78.4 Å². The number of hydrogen-bond acceptors (Lipinski definition) is 3. The lowest BCUT2D eigenvalue weighted by Crippen LogP contribution is -2.29. The zero-order chi connectivity index (χ0) is 21.4. The third-order valence-corrected chi connectivity index (χ3v) is 5.36. The second kappa shape index (κ2) is 7.59. The third kappa shape index (κ3) is 3.28. The molecule has 1 heterocycles. The van der Waals surface area contributed by atoms with Gasteiger partial charge in [-0.2, -0.15) is 0 Å². The van der Waals surface area contributed by atoms with E-state index in [9.17, 15) is 19.1 Å². The molecule has 3 aromatic carbocycles. The highest BCUT2D eigenvalue weighted by Gasteiger charge is 2.47. The second-order valence-corrected chi connectivity index (χ2v) is 7.37. The van der Waals surface area contributed by atoms with Crippen LogP contribution in [0, 0.1) is 19.7 Å². The number of rotatable bonds is 3. The molecular weight excluding hydrogens is 381 g/mol. The summed E-state index contributed by atoms with van der Waals surface area (Å²) in [6, 6.07) is 19.0. The van der Waals surface area contributed by atoms with Gasteiger partial charge in [0.25, 0.3) is 11.7 Å². The molecule has 150 valence electrons. The van der Waals surface area contributed by atoms with Gasteiger partial charge in [0.1, 0.15) is 11.6 Å². The Labute approximate surface area is 173 Å². The predicted octanol–water partition coefficient (Wildman–Crippen LogP) is 5.07. The summed E-state index contributed by atoms with van der Waals surface area (Å²) in [5.74, 6) is -2.21. The van der Waals surface area contributed by atoms with Gasteiger partial charge in [-0.05, 0) is 49.2 Å². The van der Waals surface area contributed by atoms with Crippen LogP contribution in [0.1, 0.15) is 28.3 Å². The highest BCUT2D eigenvalue weighted by atomic mass is 19.1. The Kier molecular flexibility index (Phi) is 4.96. The molecule has 5 heteroatoms. The molecule has 1 fully saturated rings. The fraction of sp³-hybridized carbons (Fsp3) is 0.120. The van der Waals surface area contributed by atoms with Crippen LogP contribution in [0.25, 0.3) is 5.76 Å². The standard InChI is InChI=1S/C25H20FNO3/c1-15-7-9-17(10-8-15)23(28)21-22(20-6-4-3-5-16(20)2)27(25(30)24(21)29)19-13-11-18(26)12-14-19/h3-14,22,28H,1-2H3/b23-21-. The van der Waals surface area contributed by atoms with Gasteiger partial charge >= 0.3 is 0 Å². The average molecular weight is 401 g/mol. The molecule has 0 spiro atoms. The van der Waals surface area contributed by atoms with Crippen LogP contribution in [-0.2, 0) is 9.59 Å². The van der Waals surface area contributed by atoms with E-state index in [1.807, 2.05) is 50.2 Å². The van der Waals surface area contributed by atoms with E-state index in [0.717, 1.165) is 16.7 Å². The van der Waals surface area contributed by atoms with E-state index in [2.05, 4.69) is 0 Å². The van der Waals surface area contributed by atoms with Gasteiger partial charge in [0.15, 0.2) is 0 Å². The van der Waals surface area contributed by atoms with Crippen molar-refractivity contribution in [1.29, 1.82) is 0 Å². The summed E-state index contributed by atoms with van der Waals surface area (Å²) >= 11 is 0. The zero-order valence-corrected chi connectivity index (χ0v) is 16.6. The number of aliphatic hydroxyl groups is 1. The lowest BCUT2D eigenvalue weighted by atomic mass is 9.92. The molecule has 1 aliphatic rings. The maximum absolute atomic E-state index is 13.5. The van der Waals surface area contributed by atoms with Crippen molar-refractivity contribution in [2.45, 2.75) is 19.9 Å². The Bertz CT molecular complexity index is 1160. The molecule has 1 atom stereocenters. The van der Waals surface area contributed by atoms with Gasteiger partial charge in [-0.25, -0.2) is 4.39 Å². The number of carbonyl (C=O) groups excluding carboxylic acids is 2. The van der Waals surface area contributed by atoms with Crippen LogP contribution >= 0.6 is 0 Å². The molecule has 0 radical (unpaired) electrons. The Morgan fingerprint density at radius 3 is 2.17 bits per heavy atom. The second-order valence-electron chi connectivity index (χ2n) is 7.37. The molecule has 30 heavy (non-hydrogen) atoms. The maximum Gasteiger partial charge on any atom is 0.300 e. The number of anilines is 1. The largest absolute Gasteiger partial charge is 0.507 e. The number of ketones is 1. The molecule has 0 aliphatic carbocycles. The first kappa shape index (κ1) is 19.6. The molecule has 1 amide bonds. The molecule has 0 bridgehead atoms. The van der Waals surface area contributed by atoms with E-state index in [4.69, 9.17) is 0 Å². The van der Waals surface area contributed by atoms with Crippen molar-refractivity contribution >= 4 is 23.1 Å². The first-order valence-electron chi connectivity index (χ1n) is 9.57. The highest BCUT2D eigenvalue weighted by molar-refractivity contribution is 6.51. The highest BCUT2D eigenvalue weighted by Crippen LogP contribution is 2.43. The normalized spacial score (nSPS) is 18.1. The SMILES string of the molecule is Cc1ccc(/C(O)=C2/C(=O)C(=O)N(c3ccc(F)cc3)C2c2ccccc2C)cc1. The van der Waals surface area contributed by atoms with Gasteiger partial charge in [0.05, 0.1) is 11.6 Å². The fourth-order valence-corrected chi connectivity index (χ4v) is 3.76. The minimum Gasteiger partial charge on any atom is -0.507 e. The summed E-state index contributed by atoms with van der Waals surface area (Å²) in [5.41, 5.74) is 3.45. The van der Waals surface area contributed by atoms with Crippen LogP contribution in [0.5, 0.6) is 0 Å². The van der Waals surface area contributed by atoms with E-state index in [1.165, 1.54) is 29.2 Å². The first-order chi connectivity index (χ1) is 14.4. The van der Waals surface area contributed by atoms with Crippen molar-refractivity contribution in [3.63, 3.8) is 0 Å². The molecule has 3 aromatic rings. The number of halogens is 1. The number of hydrogen-bond donors (Lipinski definition) is 1. The fourth-order valence-electron chi connectivity index (χ4n) is 3.76. The quantitative estimate of drug-likeness (QED) is 0.379. The Morgan fingerprint density at radius 1 is 0.900 bits per heavy atom. The minimum absolute atomic E-state index is 0.0162. The Morgan fingerprint density at radius 2 is 1.53 bits per heavy atom. The topological polar surface area (TPSA) is 57.6 Å². The molecular formula is C25H20FNO3. The molecule has 1 unspecified atom stereocenters. The predicted molar refractivity (Wildman–Crippen MR) is 114 cm³/mol. The summed E-state index contributed by atoms with van der Waals surface area (Å²) in [4.78, 5) is 27.4. The summed E-state index contributed by atoms with van der Waals surface area (Å²) in [6.07, 6.45) is 0. The summed E-state index contributed by atoms with van der Waals surface area (Å²) in [5, 5.41) is 11.1. The minimum atomic E-state index is -0.821. The van der Waals surface area contributed by atoms with Crippen molar-refractivity contribution in [2.75, 3.05) is 4.90 Å². The van der Waals surface area contributed by atoms with Gasteiger partial charge in [0, 0.05) is 11.3 Å². The molecule has 4 nitrogen and oxygen atoms in total. The Hall–Kier alpha value is -3.73. The maximum atomic E-state index is 13.5. The molecule has 1 saturated heterocycles. The van der Waals surface area contributed by atoms with E-state index >= 15 is 0 Å². The van der Waals surface area contributed by atoms with Crippen molar-refractivity contribution < 1.29 is 19.1 Å². The monoisotopic (exact) mass is 401 g/mol. The Balaban J connectivity index is 1.96. The smallest absolute Gasteiger partial charge is 0.300 e. The van der Waals surface area contributed by atoms with E-state index < -0.39 is 23.5 Å². The van der Waals surface area contributed by atoms with Crippen LogP contribution in [0.2, 0.25) is 0 Å². The summed E-state index contributed by atoms with van der Waals surface area (Å²) in [6.45, 7) is 3.80. The van der Waals surface area contributed by atoms with Crippen LogP contribution < -0.4 is 4.90 Å². The van der Waals surface area contributed by atoms with Gasteiger partial charge in [0.2, 0.25) is 0 Å². The number of Topliss-reactive ketones (excluding diaryl/α,β-unsaturated/α-hetero) is 1. The van der Waals surface area contributed by atoms with Gasteiger partial charge in [-0.1, -0.05) is 54.1 Å². The number of nitrogens with zero attached hydrogens (tertiary/aromatic N) is 1. The van der Waals surface area contributed by atoms with E-state index in [1.54, 1.807) is 12.1 Å². The number of benzene rings is 3. The van der Waals surface area contributed by atoms with Crippen molar-refractivity contribution in [1.82, 2.24) is 0 Å². The van der Waals surface area contributed by atoms with E-state index in [0.29, 0.717) is 11.3 Å². The van der Waals surface area contributed by atoms with Gasteiger partial charge in [-0.15, -0.1) is 0 Å². The molecule has 0 aromatic heterocycles. The first-order valence-corrected chi connectivity index (χ1v) is 9.57. The molecule has 0 saturated carbocycles. The number of aliphatic hydroxyl groups excluding tert-OH is 1. The van der Waals surface area contributed by atoms with E-state index in [-0.39, 0.29) is 11.3 Å². The van der Waals surface area contributed by atoms with Crippen molar-refractivity contribution in [2.24, 2.45) is 0 Å². The lowest BCUT2D eigenvalue weighted by molar-refractivity contribution is -0.132. The molecule has 4 rings (SSSR count). The molecule has 1 aliphatic heterocycles. The van der Waals surface area contributed by atoms with Crippen molar-refractivity contribution in [3.05, 3.63) is 106 Å². The average Bonchev–Trinajstić information content (AvgIpc) is 3.00. The number of carbonyl (C=O) groups is 2. The van der Waals surface area contributed by atoms with Crippen LogP contribution in [0.3, 0.4) is 0 Å². The van der Waals surface area contributed by atoms with Gasteiger partial charge in [-0.3, -0.25) is 14.5 Å². The van der Waals surface area contributed by atoms with Gasteiger partial charge < -0.3 is 5.11 Å². The number of aryl methyl sites for hydroxylation is 2. The summed E-state index contributed by atoms with van der Waals surface area (Å²) < 4.78 is 13.5. The molecule has 1 N–H and O–H groups in total. The third-order valence-electron chi connectivity index (χ3n) is 5.36. The lowest BCUT2D eigenvalue weighted by Gasteiger charge is -2.26. The van der Waals surface area contributed by atoms with Crippen molar-refractivity contribution in [3.8, 4) is 0 Å². The summed E-state index contributed by atoms with van der Waals surface area (Å²) in [7, 11) is 0. The van der Waals surface area contributed by atoms with Crippen LogP contribution in [0.4, 0.5) is 10.1 Å². The zero-order valence-electron chi connectivity index (χ0n) is 16.6.